The average Bonchev–Trinajstić information content (AvgIpc) is 2.68. The molecule has 0 saturated carbocycles. The van der Waals surface area contributed by atoms with Crippen LogP contribution in [0.2, 0.25) is 0 Å². The molecule has 3 rings (SSSR count). The Morgan fingerprint density at radius 1 is 1.22 bits per heavy atom. The monoisotopic (exact) mass is 369 g/mol. The van der Waals surface area contributed by atoms with Gasteiger partial charge < -0.3 is 4.74 Å². The summed E-state index contributed by atoms with van der Waals surface area (Å²) >= 11 is 0. The van der Waals surface area contributed by atoms with Crippen LogP contribution >= 0.6 is 0 Å². The van der Waals surface area contributed by atoms with Gasteiger partial charge >= 0.3 is 5.97 Å². The lowest BCUT2D eigenvalue weighted by Gasteiger charge is -2.39. The van der Waals surface area contributed by atoms with Gasteiger partial charge in [-0.3, -0.25) is 15.1 Å². The molecule has 0 amide bonds. The fourth-order valence-corrected chi connectivity index (χ4v) is 2.68. The predicted molar refractivity (Wildman–Crippen MR) is 99.7 cm³/mol. The van der Waals surface area contributed by atoms with Crippen molar-refractivity contribution in [3.8, 4) is 0 Å². The number of non-ortho nitro benzene ring substituents is 1. The molecule has 9 heteroatoms. The van der Waals surface area contributed by atoms with Gasteiger partial charge in [-0.05, 0) is 36.8 Å². The maximum absolute atomic E-state index is 12.2. The zero-order valence-electron chi connectivity index (χ0n) is 14.9. The minimum atomic E-state index is -0.546. The topological polar surface area (TPSA) is 100 Å². The molecule has 1 aliphatic rings. The van der Waals surface area contributed by atoms with Crippen molar-refractivity contribution in [3.05, 3.63) is 70.3 Å². The van der Waals surface area contributed by atoms with Crippen molar-refractivity contribution in [1.29, 1.82) is 0 Å². The number of hydrogen-bond acceptors (Lipinski definition) is 8. The molecule has 0 unspecified atom stereocenters. The normalized spacial score (nSPS) is 16.7. The summed E-state index contributed by atoms with van der Waals surface area (Å²) < 4.78 is 5.07. The number of carbonyl (C=O) groups excluding carboxylic acids is 1. The van der Waals surface area contributed by atoms with E-state index in [-0.39, 0.29) is 18.1 Å². The zero-order valence-corrected chi connectivity index (χ0v) is 14.9. The molecule has 2 aromatic carbocycles. The third-order valence-electron chi connectivity index (χ3n) is 3.98. The number of hydrazine groups is 1. The molecule has 0 aliphatic carbocycles. The number of ether oxygens (including phenoxy) is 1. The van der Waals surface area contributed by atoms with Crippen LogP contribution in [0.4, 0.5) is 11.4 Å². The summed E-state index contributed by atoms with van der Waals surface area (Å²) in [7, 11) is 1.66. The standard InChI is InChI=1S/C18H19N5O4/c1-3-27-18(24)17-20-22(14-7-5-4-6-8-14)16(19-21(17)2)13-9-11-15(12-10-13)23(25)26/h4-12,16,19H,3H2,1-2H3/t16-/m1/s1. The molecule has 1 atom stereocenters. The van der Waals surface area contributed by atoms with Gasteiger partial charge in [-0.25, -0.2) is 15.2 Å². The first kappa shape index (κ1) is 18.3. The Morgan fingerprint density at radius 3 is 2.48 bits per heavy atom. The number of anilines is 1. The van der Waals surface area contributed by atoms with E-state index in [1.54, 1.807) is 31.1 Å². The van der Waals surface area contributed by atoms with Crippen LogP contribution in [-0.4, -0.2) is 35.4 Å². The highest BCUT2D eigenvalue weighted by atomic mass is 16.6. The van der Waals surface area contributed by atoms with E-state index in [9.17, 15) is 14.9 Å². The fourth-order valence-electron chi connectivity index (χ4n) is 2.68. The number of hydrogen-bond donors (Lipinski definition) is 1. The number of nitro groups is 1. The zero-order chi connectivity index (χ0) is 19.4. The molecule has 9 nitrogen and oxygen atoms in total. The Bertz CT molecular complexity index is 854. The first-order chi connectivity index (χ1) is 13.0. The van der Waals surface area contributed by atoms with E-state index in [4.69, 9.17) is 4.74 Å². The smallest absolute Gasteiger partial charge is 0.377 e. The molecule has 27 heavy (non-hydrogen) atoms. The molecular weight excluding hydrogens is 350 g/mol. The average molecular weight is 369 g/mol. The summed E-state index contributed by atoms with van der Waals surface area (Å²) in [6.07, 6.45) is -0.462. The van der Waals surface area contributed by atoms with Crippen molar-refractivity contribution in [2.24, 2.45) is 5.10 Å². The van der Waals surface area contributed by atoms with Crippen LogP contribution in [0.1, 0.15) is 18.7 Å². The van der Waals surface area contributed by atoms with Gasteiger partial charge in [0.1, 0.15) is 6.17 Å². The predicted octanol–water partition coefficient (Wildman–Crippen LogP) is 2.43. The Balaban J connectivity index is 2.01. The van der Waals surface area contributed by atoms with Gasteiger partial charge in [-0.15, -0.1) is 5.10 Å². The highest BCUT2D eigenvalue weighted by Gasteiger charge is 2.32. The second kappa shape index (κ2) is 7.83. The van der Waals surface area contributed by atoms with Gasteiger partial charge in [0.2, 0.25) is 5.84 Å². The molecule has 0 saturated heterocycles. The summed E-state index contributed by atoms with van der Waals surface area (Å²) in [5.74, 6) is -0.436. The molecule has 1 N–H and O–H groups in total. The molecule has 0 spiro atoms. The number of hydrazone groups is 1. The number of nitro benzene ring substituents is 1. The van der Waals surface area contributed by atoms with Gasteiger partial charge in [-0.1, -0.05) is 18.2 Å². The number of nitrogens with one attached hydrogen (secondary N) is 1. The highest BCUT2D eigenvalue weighted by Crippen LogP contribution is 2.29. The van der Waals surface area contributed by atoms with Gasteiger partial charge in [0.15, 0.2) is 0 Å². The lowest BCUT2D eigenvalue weighted by molar-refractivity contribution is -0.384. The van der Waals surface area contributed by atoms with Crippen molar-refractivity contribution >= 4 is 23.2 Å². The molecule has 0 radical (unpaired) electrons. The third-order valence-corrected chi connectivity index (χ3v) is 3.98. The van der Waals surface area contributed by atoms with Gasteiger partial charge in [-0.2, -0.15) is 0 Å². The fraction of sp³-hybridized carbons (Fsp3) is 0.222. The minimum absolute atomic E-state index is 0.00453. The number of nitrogens with zero attached hydrogens (tertiary/aromatic N) is 4. The first-order valence-corrected chi connectivity index (χ1v) is 8.35. The summed E-state index contributed by atoms with van der Waals surface area (Å²) in [6, 6.07) is 15.5. The largest absolute Gasteiger partial charge is 0.460 e. The number of para-hydroxylation sites is 1. The first-order valence-electron chi connectivity index (χ1n) is 8.35. The third kappa shape index (κ3) is 3.87. The number of carbonyl (C=O) groups is 1. The summed E-state index contributed by atoms with van der Waals surface area (Å²) in [6.45, 7) is 1.96. The van der Waals surface area contributed by atoms with E-state index >= 15 is 0 Å². The number of likely N-dealkylation sites (N-methyl/N-ethyl adjacent to an activating group) is 1. The van der Waals surface area contributed by atoms with Crippen LogP contribution in [0.15, 0.2) is 59.7 Å². The Hall–Kier alpha value is -3.46. The molecule has 0 fully saturated rings. The molecule has 0 bridgehead atoms. The quantitative estimate of drug-likeness (QED) is 0.491. The van der Waals surface area contributed by atoms with Crippen molar-refractivity contribution in [3.63, 3.8) is 0 Å². The minimum Gasteiger partial charge on any atom is -0.460 e. The number of esters is 1. The molecular formula is C18H19N5O4. The number of benzene rings is 2. The molecule has 140 valence electrons. The van der Waals surface area contributed by atoms with E-state index in [2.05, 4.69) is 10.5 Å². The van der Waals surface area contributed by atoms with Gasteiger partial charge in [0, 0.05) is 19.2 Å². The van der Waals surface area contributed by atoms with Crippen molar-refractivity contribution in [1.82, 2.24) is 10.4 Å². The van der Waals surface area contributed by atoms with Crippen molar-refractivity contribution < 1.29 is 14.5 Å². The molecule has 2 aromatic rings. The van der Waals surface area contributed by atoms with E-state index < -0.39 is 17.1 Å². The van der Waals surface area contributed by atoms with Crippen LogP contribution in [0.25, 0.3) is 0 Å². The van der Waals surface area contributed by atoms with Crippen LogP contribution in [-0.2, 0) is 9.53 Å². The van der Waals surface area contributed by atoms with Crippen molar-refractivity contribution in [2.45, 2.75) is 13.1 Å². The second-order valence-corrected chi connectivity index (χ2v) is 5.76. The van der Waals surface area contributed by atoms with Gasteiger partial charge in [0.25, 0.3) is 5.69 Å². The Morgan fingerprint density at radius 2 is 1.89 bits per heavy atom. The Labute approximate surface area is 156 Å². The SMILES string of the molecule is CCOC(=O)C1=NN(c2ccccc2)[C@H](c2ccc([N+](=O)[O-])cc2)NN1C. The van der Waals surface area contributed by atoms with Crippen LogP contribution < -0.4 is 10.4 Å². The number of amidine groups is 1. The summed E-state index contributed by atoms with van der Waals surface area (Å²) in [4.78, 5) is 22.7. The van der Waals surface area contributed by atoms with E-state index in [1.165, 1.54) is 17.1 Å². The highest BCUT2D eigenvalue weighted by molar-refractivity contribution is 6.35. The lowest BCUT2D eigenvalue weighted by atomic mass is 10.1. The van der Waals surface area contributed by atoms with Crippen molar-refractivity contribution in [2.75, 3.05) is 18.7 Å². The maximum Gasteiger partial charge on any atom is 0.377 e. The maximum atomic E-state index is 12.2. The van der Waals surface area contributed by atoms with Crippen LogP contribution in [0.3, 0.4) is 0 Å². The second-order valence-electron chi connectivity index (χ2n) is 5.76. The van der Waals surface area contributed by atoms with E-state index in [1.807, 2.05) is 30.3 Å². The lowest BCUT2D eigenvalue weighted by Crippen LogP contribution is -2.55. The summed E-state index contributed by atoms with van der Waals surface area (Å²) in [5, 5.41) is 18.5. The van der Waals surface area contributed by atoms with Crippen LogP contribution in [0, 0.1) is 10.1 Å². The summed E-state index contributed by atoms with van der Waals surface area (Å²) in [5.41, 5.74) is 4.69. The van der Waals surface area contributed by atoms with E-state index in [0.29, 0.717) is 0 Å². The molecule has 1 aliphatic heterocycles. The molecule has 1 heterocycles. The van der Waals surface area contributed by atoms with E-state index in [0.717, 1.165) is 11.3 Å². The van der Waals surface area contributed by atoms with Crippen LogP contribution in [0.5, 0.6) is 0 Å². The van der Waals surface area contributed by atoms with Gasteiger partial charge in [0.05, 0.1) is 17.2 Å². The number of rotatable bonds is 5. The molecule has 0 aromatic heterocycles. The Kier molecular flexibility index (Phi) is 5.32.